The van der Waals surface area contributed by atoms with Crippen molar-refractivity contribution in [2.24, 2.45) is 0 Å². The summed E-state index contributed by atoms with van der Waals surface area (Å²) in [6.45, 7) is 1.73. The van der Waals surface area contributed by atoms with E-state index in [0.717, 1.165) is 5.56 Å². The van der Waals surface area contributed by atoms with Gasteiger partial charge in [-0.05, 0) is 28.4 Å². The van der Waals surface area contributed by atoms with E-state index in [-0.39, 0.29) is 10.2 Å². The molecule has 0 fully saturated rings. The zero-order valence-electron chi connectivity index (χ0n) is 6.74. The second-order valence-electron chi connectivity index (χ2n) is 2.46. The lowest BCUT2D eigenvalue weighted by Gasteiger charge is -2.00. The van der Waals surface area contributed by atoms with Crippen LogP contribution < -0.4 is 0 Å². The molecule has 0 N–H and O–H groups in total. The Balaban J connectivity index is 3.47. The van der Waals surface area contributed by atoms with Gasteiger partial charge in [-0.3, -0.25) is 10.1 Å². The number of halogens is 1. The van der Waals surface area contributed by atoms with E-state index in [9.17, 15) is 10.1 Å². The summed E-state index contributed by atoms with van der Waals surface area (Å²) >= 11 is 3.03. The smallest absolute Gasteiger partial charge is 0.258 e. The second-order valence-corrected chi connectivity index (χ2v) is 3.25. The highest BCUT2D eigenvalue weighted by molar-refractivity contribution is 9.10. The van der Waals surface area contributed by atoms with Crippen molar-refractivity contribution in [3.63, 3.8) is 0 Å². The van der Waals surface area contributed by atoms with Gasteiger partial charge in [-0.25, -0.2) is 0 Å². The minimum Gasteiger partial charge on any atom is -0.258 e. The van der Waals surface area contributed by atoms with Crippen molar-refractivity contribution in [2.45, 2.75) is 6.92 Å². The van der Waals surface area contributed by atoms with Gasteiger partial charge in [0, 0.05) is 6.07 Å². The average molecular weight is 241 g/mol. The predicted octanol–water partition coefficient (Wildman–Crippen LogP) is 2.54. The molecule has 0 heterocycles. The first-order valence-electron chi connectivity index (χ1n) is 3.41. The Bertz CT molecular complexity index is 409. The fraction of sp³-hybridized carbons (Fsp3) is 0.125. The van der Waals surface area contributed by atoms with E-state index in [2.05, 4.69) is 15.9 Å². The van der Waals surface area contributed by atoms with Crippen LogP contribution in [0.25, 0.3) is 0 Å². The summed E-state index contributed by atoms with van der Waals surface area (Å²) in [4.78, 5) is 9.94. The Morgan fingerprint density at radius 3 is 2.69 bits per heavy atom. The van der Waals surface area contributed by atoms with E-state index in [4.69, 9.17) is 5.26 Å². The third-order valence-electron chi connectivity index (χ3n) is 1.64. The Kier molecular flexibility index (Phi) is 2.63. The molecule has 0 aromatic heterocycles. The third-order valence-corrected chi connectivity index (χ3v) is 2.44. The molecule has 0 amide bonds. The number of rotatable bonds is 1. The van der Waals surface area contributed by atoms with Gasteiger partial charge < -0.3 is 0 Å². The van der Waals surface area contributed by atoms with Gasteiger partial charge in [-0.1, -0.05) is 6.07 Å². The van der Waals surface area contributed by atoms with Gasteiger partial charge in [0.2, 0.25) is 0 Å². The average Bonchev–Trinajstić information content (AvgIpc) is 2.04. The number of nitro groups is 1. The van der Waals surface area contributed by atoms with Gasteiger partial charge in [-0.15, -0.1) is 0 Å². The molecule has 5 heteroatoms. The molecule has 13 heavy (non-hydrogen) atoms. The summed E-state index contributed by atoms with van der Waals surface area (Å²) in [6, 6.07) is 4.84. The van der Waals surface area contributed by atoms with Crippen molar-refractivity contribution in [3.05, 3.63) is 37.8 Å². The standard InChI is InChI=1S/C8H5BrN2O2/c1-5-2-3-7(11(12)13)8(9)6(5)4-10/h2-3H,1H3. The maximum atomic E-state index is 10.5. The number of hydrogen-bond acceptors (Lipinski definition) is 3. The van der Waals surface area contributed by atoms with Crippen molar-refractivity contribution in [3.8, 4) is 6.07 Å². The van der Waals surface area contributed by atoms with Crippen molar-refractivity contribution in [2.75, 3.05) is 0 Å². The van der Waals surface area contributed by atoms with Crippen molar-refractivity contribution in [1.82, 2.24) is 0 Å². The van der Waals surface area contributed by atoms with Crippen LogP contribution in [0.15, 0.2) is 16.6 Å². The van der Waals surface area contributed by atoms with E-state index in [0.29, 0.717) is 5.56 Å². The van der Waals surface area contributed by atoms with E-state index < -0.39 is 4.92 Å². The summed E-state index contributed by atoms with van der Waals surface area (Å²) in [6.07, 6.45) is 0. The summed E-state index contributed by atoms with van der Waals surface area (Å²) in [5.74, 6) is 0. The van der Waals surface area contributed by atoms with Gasteiger partial charge >= 0.3 is 0 Å². The van der Waals surface area contributed by atoms with Crippen molar-refractivity contribution in [1.29, 1.82) is 5.26 Å². The molecule has 0 aliphatic carbocycles. The van der Waals surface area contributed by atoms with Crippen LogP contribution >= 0.6 is 15.9 Å². The largest absolute Gasteiger partial charge is 0.284 e. The lowest BCUT2D eigenvalue weighted by Crippen LogP contribution is -1.93. The fourth-order valence-corrected chi connectivity index (χ4v) is 1.62. The van der Waals surface area contributed by atoms with Crippen LogP contribution in [0.5, 0.6) is 0 Å². The highest BCUT2D eigenvalue weighted by Crippen LogP contribution is 2.29. The quantitative estimate of drug-likeness (QED) is 0.560. The maximum Gasteiger partial charge on any atom is 0.284 e. The Morgan fingerprint density at radius 1 is 1.62 bits per heavy atom. The van der Waals surface area contributed by atoms with Crippen molar-refractivity contribution < 1.29 is 4.92 Å². The number of aryl methyl sites for hydroxylation is 1. The van der Waals surface area contributed by atoms with E-state index in [1.165, 1.54) is 6.07 Å². The number of hydrogen-bond donors (Lipinski definition) is 0. The van der Waals surface area contributed by atoms with E-state index in [1.54, 1.807) is 13.0 Å². The monoisotopic (exact) mass is 240 g/mol. The second kappa shape index (κ2) is 3.54. The van der Waals surface area contributed by atoms with Crippen LogP contribution in [0.2, 0.25) is 0 Å². The minimum absolute atomic E-state index is 0.0813. The van der Waals surface area contributed by atoms with Crippen LogP contribution in [0.1, 0.15) is 11.1 Å². The van der Waals surface area contributed by atoms with Crippen LogP contribution in [0.4, 0.5) is 5.69 Å². The van der Waals surface area contributed by atoms with Gasteiger partial charge in [0.25, 0.3) is 5.69 Å². The molecule has 0 radical (unpaired) electrons. The van der Waals surface area contributed by atoms with Crippen LogP contribution in [0, 0.1) is 28.4 Å². The van der Waals surface area contributed by atoms with E-state index >= 15 is 0 Å². The normalized spacial score (nSPS) is 9.31. The molecule has 0 spiro atoms. The SMILES string of the molecule is Cc1ccc([N+](=O)[O-])c(Br)c1C#N. The topological polar surface area (TPSA) is 66.9 Å². The molecule has 0 aliphatic heterocycles. The minimum atomic E-state index is -0.523. The summed E-state index contributed by atoms with van der Waals surface area (Å²) in [5, 5.41) is 19.2. The molecule has 0 bridgehead atoms. The molecule has 1 aromatic rings. The first-order valence-corrected chi connectivity index (χ1v) is 4.21. The molecule has 66 valence electrons. The molecule has 0 saturated heterocycles. The molecule has 4 nitrogen and oxygen atoms in total. The molecule has 0 atom stereocenters. The molecule has 0 saturated carbocycles. The lowest BCUT2D eigenvalue weighted by atomic mass is 10.1. The maximum absolute atomic E-state index is 10.5. The molecular weight excluding hydrogens is 236 g/mol. The Hall–Kier alpha value is -1.41. The Morgan fingerprint density at radius 2 is 2.23 bits per heavy atom. The zero-order valence-corrected chi connectivity index (χ0v) is 8.33. The molecule has 0 aliphatic rings. The van der Waals surface area contributed by atoms with Gasteiger partial charge in [0.15, 0.2) is 0 Å². The van der Waals surface area contributed by atoms with Gasteiger partial charge in [0.1, 0.15) is 10.5 Å². The highest BCUT2D eigenvalue weighted by Gasteiger charge is 2.16. The predicted molar refractivity (Wildman–Crippen MR) is 50.2 cm³/mol. The molecule has 1 rings (SSSR count). The lowest BCUT2D eigenvalue weighted by molar-refractivity contribution is -0.385. The number of nitro benzene ring substituents is 1. The first kappa shape index (κ1) is 9.68. The summed E-state index contributed by atoms with van der Waals surface area (Å²) < 4.78 is 0.250. The van der Waals surface area contributed by atoms with Crippen LogP contribution in [0.3, 0.4) is 0 Å². The summed E-state index contributed by atoms with van der Waals surface area (Å²) in [7, 11) is 0. The zero-order chi connectivity index (χ0) is 10.0. The Labute approximate surface area is 83.1 Å². The molecular formula is C8H5BrN2O2. The van der Waals surface area contributed by atoms with Gasteiger partial charge in [-0.2, -0.15) is 5.26 Å². The van der Waals surface area contributed by atoms with Gasteiger partial charge in [0.05, 0.1) is 10.5 Å². The number of nitriles is 1. The van der Waals surface area contributed by atoms with Crippen molar-refractivity contribution >= 4 is 21.6 Å². The number of benzene rings is 1. The van der Waals surface area contributed by atoms with Crippen LogP contribution in [-0.2, 0) is 0 Å². The molecule has 0 unspecified atom stereocenters. The summed E-state index contributed by atoms with van der Waals surface area (Å²) in [5.41, 5.74) is 0.955. The number of nitrogens with zero attached hydrogens (tertiary/aromatic N) is 2. The van der Waals surface area contributed by atoms with Crippen LogP contribution in [-0.4, -0.2) is 4.92 Å². The van der Waals surface area contributed by atoms with E-state index in [1.807, 2.05) is 6.07 Å². The third kappa shape index (κ3) is 1.68. The fourth-order valence-electron chi connectivity index (χ4n) is 0.940. The molecule has 1 aromatic carbocycles. The first-order chi connectivity index (χ1) is 6.07. The highest BCUT2D eigenvalue weighted by atomic mass is 79.9.